The first-order valence-corrected chi connectivity index (χ1v) is 7.94. The van der Waals surface area contributed by atoms with E-state index in [4.69, 9.17) is 0 Å². The second-order valence-corrected chi connectivity index (χ2v) is 7.00. The van der Waals surface area contributed by atoms with E-state index in [9.17, 15) is 9.90 Å². The van der Waals surface area contributed by atoms with Crippen LogP contribution in [0.25, 0.3) is 0 Å². The van der Waals surface area contributed by atoms with Crippen LogP contribution in [-0.4, -0.2) is 58.6 Å². The fourth-order valence-corrected chi connectivity index (χ4v) is 5.07. The number of piperidine rings is 4. The van der Waals surface area contributed by atoms with Gasteiger partial charge in [0.15, 0.2) is 0 Å². The number of amides is 1. The van der Waals surface area contributed by atoms with Gasteiger partial charge in [0.25, 0.3) is 0 Å². The first-order chi connectivity index (χ1) is 9.22. The van der Waals surface area contributed by atoms with Gasteiger partial charge < -0.3 is 10.0 Å². The number of carbonyl (C=O) groups excluding carboxylic acids is 1. The lowest BCUT2D eigenvalue weighted by Crippen LogP contribution is -2.65. The normalized spacial score (nSPS) is 46.7. The van der Waals surface area contributed by atoms with Gasteiger partial charge in [-0.25, -0.2) is 0 Å². The Balaban J connectivity index is 1.58. The quantitative estimate of drug-likeness (QED) is 0.705. The summed E-state index contributed by atoms with van der Waals surface area (Å²) in [5.74, 6) is 1.68. The average Bonchev–Trinajstić information content (AvgIpc) is 2.41. The van der Waals surface area contributed by atoms with Crippen molar-refractivity contribution in [3.05, 3.63) is 0 Å². The van der Waals surface area contributed by atoms with Crippen LogP contribution < -0.4 is 0 Å². The summed E-state index contributed by atoms with van der Waals surface area (Å²) < 4.78 is 0. The van der Waals surface area contributed by atoms with Crippen molar-refractivity contribution in [1.82, 2.24) is 9.80 Å². The summed E-state index contributed by atoms with van der Waals surface area (Å²) in [4.78, 5) is 17.0. The van der Waals surface area contributed by atoms with Crippen LogP contribution in [0.1, 0.15) is 38.5 Å². The third-order valence-corrected chi connectivity index (χ3v) is 5.94. The molecule has 0 radical (unpaired) electrons. The number of hydrogen-bond donors (Lipinski definition) is 1. The van der Waals surface area contributed by atoms with Crippen molar-refractivity contribution >= 4 is 5.91 Å². The van der Waals surface area contributed by atoms with E-state index in [1.807, 2.05) is 0 Å². The van der Waals surface area contributed by atoms with Crippen molar-refractivity contribution in [2.45, 2.75) is 56.7 Å². The first-order valence-electron chi connectivity index (χ1n) is 7.94. The predicted molar refractivity (Wildman–Crippen MR) is 71.6 cm³/mol. The Bertz CT molecular complexity index is 386. The molecule has 0 saturated carbocycles. The van der Waals surface area contributed by atoms with Crippen LogP contribution in [0.5, 0.6) is 0 Å². The summed E-state index contributed by atoms with van der Waals surface area (Å²) in [6.45, 7) is 3.16. The van der Waals surface area contributed by atoms with Crippen LogP contribution in [0.2, 0.25) is 0 Å². The Morgan fingerprint density at radius 2 is 1.89 bits per heavy atom. The fraction of sp³-hybridized carbons (Fsp3) is 0.933. The van der Waals surface area contributed by atoms with Gasteiger partial charge in [-0.05, 0) is 43.9 Å². The van der Waals surface area contributed by atoms with Gasteiger partial charge in [0.2, 0.25) is 5.91 Å². The molecule has 0 unspecified atom stereocenters. The zero-order valence-electron chi connectivity index (χ0n) is 11.5. The highest BCUT2D eigenvalue weighted by atomic mass is 16.3. The molecule has 0 aromatic heterocycles. The van der Waals surface area contributed by atoms with E-state index in [0.29, 0.717) is 29.8 Å². The average molecular weight is 264 g/mol. The molecule has 4 heteroatoms. The summed E-state index contributed by atoms with van der Waals surface area (Å²) in [5, 5.41) is 9.92. The van der Waals surface area contributed by atoms with Crippen LogP contribution >= 0.6 is 0 Å². The van der Waals surface area contributed by atoms with Crippen LogP contribution in [0.15, 0.2) is 0 Å². The molecule has 0 spiro atoms. The predicted octanol–water partition coefficient (Wildman–Crippen LogP) is 0.843. The van der Waals surface area contributed by atoms with Gasteiger partial charge in [-0.2, -0.15) is 0 Å². The number of nitrogens with zero attached hydrogens (tertiary/aromatic N) is 2. The molecule has 2 bridgehead atoms. The lowest BCUT2D eigenvalue weighted by Gasteiger charge is -2.57. The van der Waals surface area contributed by atoms with Gasteiger partial charge >= 0.3 is 0 Å². The molecule has 4 saturated heterocycles. The second-order valence-electron chi connectivity index (χ2n) is 7.00. The van der Waals surface area contributed by atoms with Crippen molar-refractivity contribution in [2.75, 3.05) is 19.6 Å². The second kappa shape index (κ2) is 4.45. The highest BCUT2D eigenvalue weighted by Crippen LogP contribution is 2.42. The Hall–Kier alpha value is -0.610. The van der Waals surface area contributed by atoms with E-state index in [2.05, 4.69) is 9.80 Å². The minimum Gasteiger partial charge on any atom is -0.393 e. The molecule has 0 aliphatic carbocycles. The van der Waals surface area contributed by atoms with Crippen LogP contribution in [0.4, 0.5) is 0 Å². The Labute approximate surface area is 114 Å². The minimum absolute atomic E-state index is 0.118. The van der Waals surface area contributed by atoms with E-state index < -0.39 is 0 Å². The summed E-state index contributed by atoms with van der Waals surface area (Å²) in [6, 6.07) is 1.04. The summed E-state index contributed by atoms with van der Waals surface area (Å²) in [6.07, 6.45) is 6.07. The van der Waals surface area contributed by atoms with E-state index in [1.54, 1.807) is 0 Å². The fourth-order valence-electron chi connectivity index (χ4n) is 5.07. The molecule has 19 heavy (non-hydrogen) atoms. The smallest absolute Gasteiger partial charge is 0.222 e. The van der Waals surface area contributed by atoms with Crippen LogP contribution in [0, 0.1) is 11.8 Å². The Morgan fingerprint density at radius 3 is 2.79 bits per heavy atom. The number of rotatable bonds is 0. The van der Waals surface area contributed by atoms with E-state index >= 15 is 0 Å². The van der Waals surface area contributed by atoms with Gasteiger partial charge in [0.1, 0.15) is 0 Å². The third kappa shape index (κ3) is 1.91. The molecule has 4 rings (SSSR count). The molecule has 1 amide bonds. The Kier molecular flexibility index (Phi) is 2.85. The minimum atomic E-state index is -0.118. The zero-order chi connectivity index (χ0) is 13.0. The van der Waals surface area contributed by atoms with Crippen molar-refractivity contribution in [3.63, 3.8) is 0 Å². The highest BCUT2D eigenvalue weighted by Gasteiger charge is 2.48. The van der Waals surface area contributed by atoms with Crippen molar-refractivity contribution in [1.29, 1.82) is 0 Å². The molecule has 4 aliphatic heterocycles. The maximum Gasteiger partial charge on any atom is 0.222 e. The highest BCUT2D eigenvalue weighted by molar-refractivity contribution is 5.77. The van der Waals surface area contributed by atoms with E-state index in [0.717, 1.165) is 45.3 Å². The molecular formula is C15H24N2O2. The Morgan fingerprint density at radius 1 is 1.05 bits per heavy atom. The molecule has 4 aliphatic rings. The lowest BCUT2D eigenvalue weighted by molar-refractivity contribution is -0.150. The number of hydrogen-bond acceptors (Lipinski definition) is 3. The molecule has 4 heterocycles. The van der Waals surface area contributed by atoms with E-state index in [1.165, 1.54) is 12.8 Å². The van der Waals surface area contributed by atoms with Crippen molar-refractivity contribution in [3.8, 4) is 0 Å². The number of fused-ring (bicyclic) bond motifs is 6. The van der Waals surface area contributed by atoms with Crippen molar-refractivity contribution in [2.24, 2.45) is 11.8 Å². The lowest BCUT2D eigenvalue weighted by atomic mass is 9.70. The molecule has 1 N–H and O–H groups in total. The summed E-state index contributed by atoms with van der Waals surface area (Å²) in [7, 11) is 0. The van der Waals surface area contributed by atoms with Gasteiger partial charge in [-0.1, -0.05) is 0 Å². The molecule has 4 nitrogen and oxygen atoms in total. The summed E-state index contributed by atoms with van der Waals surface area (Å²) in [5.41, 5.74) is 0. The number of carbonyl (C=O) groups is 1. The zero-order valence-corrected chi connectivity index (χ0v) is 11.5. The van der Waals surface area contributed by atoms with Gasteiger partial charge in [0, 0.05) is 38.1 Å². The monoisotopic (exact) mass is 264 g/mol. The summed E-state index contributed by atoms with van der Waals surface area (Å²) >= 11 is 0. The largest absolute Gasteiger partial charge is 0.393 e. The maximum absolute atomic E-state index is 12.1. The molecular weight excluding hydrogens is 240 g/mol. The van der Waals surface area contributed by atoms with Crippen LogP contribution in [0.3, 0.4) is 0 Å². The van der Waals surface area contributed by atoms with Gasteiger partial charge in [0.05, 0.1) is 6.10 Å². The molecule has 0 aromatic rings. The first kappa shape index (κ1) is 12.2. The van der Waals surface area contributed by atoms with Gasteiger partial charge in [-0.3, -0.25) is 9.69 Å². The maximum atomic E-state index is 12.1. The van der Waals surface area contributed by atoms with Crippen LogP contribution in [-0.2, 0) is 4.79 Å². The molecule has 0 aromatic carbocycles. The molecule has 106 valence electrons. The SMILES string of the molecule is O=C1CCC[C@@H]2[C@H]3C[C@@H](CN12)[C@@H]1C[C@H](O)CCN1C3. The van der Waals surface area contributed by atoms with E-state index in [-0.39, 0.29) is 6.10 Å². The van der Waals surface area contributed by atoms with Crippen molar-refractivity contribution < 1.29 is 9.90 Å². The molecule has 4 fully saturated rings. The standard InChI is InChI=1S/C15H24N2O2/c18-12-4-5-16-8-10-6-11(14(16)7-12)9-17-13(10)2-1-3-15(17)19/h10-14,18H,1-9H2/t10-,11-,12+,13+,14-/m0/s1. The number of aliphatic hydroxyl groups is 1. The third-order valence-electron chi connectivity index (χ3n) is 5.94. The van der Waals surface area contributed by atoms with Gasteiger partial charge in [-0.15, -0.1) is 0 Å². The molecule has 5 atom stereocenters. The number of aliphatic hydroxyl groups excluding tert-OH is 1. The topological polar surface area (TPSA) is 43.8 Å².